The van der Waals surface area contributed by atoms with Crippen LogP contribution in [0.2, 0.25) is 0 Å². The molecule has 4 nitrogen and oxygen atoms in total. The molecule has 20 heavy (non-hydrogen) atoms. The lowest BCUT2D eigenvalue weighted by Gasteiger charge is -2.09. The average Bonchev–Trinajstić information content (AvgIpc) is 2.43. The maximum atomic E-state index is 13.0. The summed E-state index contributed by atoms with van der Waals surface area (Å²) in [6, 6.07) is 12.0. The lowest BCUT2D eigenvalue weighted by atomic mass is 10.1. The van der Waals surface area contributed by atoms with Crippen LogP contribution in [0.4, 0.5) is 4.39 Å². The molecule has 2 aromatic rings. The Bertz CT molecular complexity index is 675. The van der Waals surface area contributed by atoms with E-state index < -0.39 is 11.8 Å². The fourth-order valence-electron chi connectivity index (χ4n) is 1.65. The van der Waals surface area contributed by atoms with E-state index in [9.17, 15) is 9.18 Å². The van der Waals surface area contributed by atoms with Crippen molar-refractivity contribution in [2.45, 2.75) is 6.42 Å². The first-order chi connectivity index (χ1) is 9.60. The number of benzene rings is 2. The summed E-state index contributed by atoms with van der Waals surface area (Å²) in [6.45, 7) is 0. The zero-order valence-corrected chi connectivity index (χ0v) is 10.3. The molecule has 0 radical (unpaired) electrons. The smallest absolute Gasteiger partial charge is 0.339 e. The highest BCUT2D eigenvalue weighted by atomic mass is 19.1. The van der Waals surface area contributed by atoms with Gasteiger partial charge in [0.1, 0.15) is 22.9 Å². The van der Waals surface area contributed by atoms with Gasteiger partial charge in [0, 0.05) is 0 Å². The number of hydrogen-bond donors (Lipinski definition) is 1. The molecule has 1 N–H and O–H groups in total. The molecule has 0 aliphatic heterocycles. The van der Waals surface area contributed by atoms with Crippen LogP contribution in [-0.2, 0) is 6.42 Å². The monoisotopic (exact) mass is 271 g/mol. The highest BCUT2D eigenvalue weighted by molar-refractivity contribution is 5.91. The van der Waals surface area contributed by atoms with E-state index in [0.29, 0.717) is 5.75 Å². The summed E-state index contributed by atoms with van der Waals surface area (Å²) in [5.74, 6) is -1.42. The van der Waals surface area contributed by atoms with Gasteiger partial charge in [0.25, 0.3) is 0 Å². The quantitative estimate of drug-likeness (QED) is 0.925. The second kappa shape index (κ2) is 5.85. The minimum Gasteiger partial charge on any atom is -0.478 e. The number of nitriles is 1. The molecule has 2 rings (SSSR count). The van der Waals surface area contributed by atoms with E-state index in [1.54, 1.807) is 24.3 Å². The molecule has 0 saturated carbocycles. The van der Waals surface area contributed by atoms with Crippen molar-refractivity contribution in [3.05, 3.63) is 59.4 Å². The van der Waals surface area contributed by atoms with Gasteiger partial charge in [-0.15, -0.1) is 0 Å². The Morgan fingerprint density at radius 1 is 1.25 bits per heavy atom. The van der Waals surface area contributed by atoms with E-state index in [1.165, 1.54) is 6.07 Å². The summed E-state index contributed by atoms with van der Waals surface area (Å²) in [6.07, 6.45) is 0.289. The van der Waals surface area contributed by atoms with Crippen LogP contribution in [-0.4, -0.2) is 11.1 Å². The molecule has 2 aromatic carbocycles. The minimum atomic E-state index is -1.26. The molecule has 0 aliphatic carbocycles. The molecule has 5 heteroatoms. The fraction of sp³-hybridized carbons (Fsp3) is 0.0667. The average molecular weight is 271 g/mol. The SMILES string of the molecule is N#CCc1ccc(Oc2ccc(F)cc2C(=O)O)cc1. The maximum Gasteiger partial charge on any atom is 0.339 e. The molecule has 0 unspecified atom stereocenters. The number of halogens is 1. The van der Waals surface area contributed by atoms with E-state index in [1.807, 2.05) is 6.07 Å². The van der Waals surface area contributed by atoms with Crippen LogP contribution in [0.5, 0.6) is 11.5 Å². The number of carboxylic acid groups (broad SMARTS) is 1. The van der Waals surface area contributed by atoms with Gasteiger partial charge in [-0.1, -0.05) is 12.1 Å². The molecule has 0 fully saturated rings. The molecule has 0 bridgehead atoms. The largest absolute Gasteiger partial charge is 0.478 e. The number of aromatic carboxylic acids is 1. The van der Waals surface area contributed by atoms with Gasteiger partial charge in [-0.3, -0.25) is 0 Å². The summed E-state index contributed by atoms with van der Waals surface area (Å²) in [5, 5.41) is 17.6. The predicted molar refractivity (Wildman–Crippen MR) is 69.2 cm³/mol. The Balaban J connectivity index is 2.26. The highest BCUT2D eigenvalue weighted by Gasteiger charge is 2.13. The van der Waals surface area contributed by atoms with E-state index in [-0.39, 0.29) is 17.7 Å². The van der Waals surface area contributed by atoms with Gasteiger partial charge < -0.3 is 9.84 Å². The zero-order chi connectivity index (χ0) is 14.5. The first-order valence-electron chi connectivity index (χ1n) is 5.77. The van der Waals surface area contributed by atoms with Gasteiger partial charge in [-0.25, -0.2) is 9.18 Å². The van der Waals surface area contributed by atoms with Crippen LogP contribution >= 0.6 is 0 Å². The van der Waals surface area contributed by atoms with E-state index in [0.717, 1.165) is 17.7 Å². The van der Waals surface area contributed by atoms with E-state index in [4.69, 9.17) is 15.1 Å². The highest BCUT2D eigenvalue weighted by Crippen LogP contribution is 2.26. The molecule has 0 aliphatic rings. The Kier molecular flexibility index (Phi) is 3.96. The molecule has 100 valence electrons. The Morgan fingerprint density at radius 3 is 2.55 bits per heavy atom. The van der Waals surface area contributed by atoms with Crippen molar-refractivity contribution >= 4 is 5.97 Å². The van der Waals surface area contributed by atoms with Gasteiger partial charge in [0.15, 0.2) is 0 Å². The molecular weight excluding hydrogens is 261 g/mol. The number of carbonyl (C=O) groups is 1. The van der Waals surface area contributed by atoms with Gasteiger partial charge in [-0.05, 0) is 35.9 Å². The summed E-state index contributed by atoms with van der Waals surface area (Å²) in [5.41, 5.74) is 0.587. The van der Waals surface area contributed by atoms with E-state index in [2.05, 4.69) is 0 Å². The van der Waals surface area contributed by atoms with Crippen molar-refractivity contribution in [3.8, 4) is 17.6 Å². The van der Waals surface area contributed by atoms with Crippen LogP contribution in [0.3, 0.4) is 0 Å². The van der Waals surface area contributed by atoms with Crippen molar-refractivity contribution in [1.82, 2.24) is 0 Å². The molecule has 0 heterocycles. The summed E-state index contributed by atoms with van der Waals surface area (Å²) < 4.78 is 18.5. The molecule has 0 aromatic heterocycles. The first-order valence-corrected chi connectivity index (χ1v) is 5.77. The third kappa shape index (κ3) is 3.12. The fourth-order valence-corrected chi connectivity index (χ4v) is 1.65. The van der Waals surface area contributed by atoms with Gasteiger partial charge in [-0.2, -0.15) is 5.26 Å². The number of ether oxygens (including phenoxy) is 1. The molecule has 0 amide bonds. The number of carboxylic acids is 1. The predicted octanol–water partition coefficient (Wildman–Crippen LogP) is 3.38. The van der Waals surface area contributed by atoms with Crippen molar-refractivity contribution in [2.75, 3.05) is 0 Å². The second-order valence-corrected chi connectivity index (χ2v) is 4.03. The van der Waals surface area contributed by atoms with Crippen LogP contribution in [0, 0.1) is 17.1 Å². The van der Waals surface area contributed by atoms with Crippen molar-refractivity contribution < 1.29 is 19.0 Å². The molecule has 0 spiro atoms. The molecular formula is C15H10FNO3. The lowest BCUT2D eigenvalue weighted by Crippen LogP contribution is -2.00. The Morgan fingerprint density at radius 2 is 1.95 bits per heavy atom. The lowest BCUT2D eigenvalue weighted by molar-refractivity contribution is 0.0693. The van der Waals surface area contributed by atoms with E-state index >= 15 is 0 Å². The van der Waals surface area contributed by atoms with Crippen LogP contribution < -0.4 is 4.74 Å². The Labute approximate surface area is 114 Å². The van der Waals surface area contributed by atoms with Crippen LogP contribution in [0.25, 0.3) is 0 Å². The standard InChI is InChI=1S/C15H10FNO3/c16-11-3-6-14(13(9-11)15(18)19)20-12-4-1-10(2-5-12)7-8-17/h1-6,9H,7H2,(H,18,19). The topological polar surface area (TPSA) is 70.3 Å². The van der Waals surface area contributed by atoms with Crippen molar-refractivity contribution in [3.63, 3.8) is 0 Å². The number of nitrogens with zero attached hydrogens (tertiary/aromatic N) is 1. The van der Waals surface area contributed by atoms with Crippen molar-refractivity contribution in [1.29, 1.82) is 5.26 Å². The molecule has 0 saturated heterocycles. The zero-order valence-electron chi connectivity index (χ0n) is 10.3. The maximum absolute atomic E-state index is 13.0. The third-order valence-electron chi connectivity index (χ3n) is 2.61. The van der Waals surface area contributed by atoms with Crippen LogP contribution in [0.1, 0.15) is 15.9 Å². The van der Waals surface area contributed by atoms with Gasteiger partial charge in [0.2, 0.25) is 0 Å². The molecule has 0 atom stereocenters. The van der Waals surface area contributed by atoms with Gasteiger partial charge >= 0.3 is 5.97 Å². The normalized spacial score (nSPS) is 9.80. The second-order valence-electron chi connectivity index (χ2n) is 4.03. The first kappa shape index (κ1) is 13.6. The summed E-state index contributed by atoms with van der Waals surface area (Å²) in [7, 11) is 0. The van der Waals surface area contributed by atoms with Crippen molar-refractivity contribution in [2.24, 2.45) is 0 Å². The minimum absolute atomic E-state index is 0.0620. The Hall–Kier alpha value is -2.87. The summed E-state index contributed by atoms with van der Waals surface area (Å²) in [4.78, 5) is 11.0. The van der Waals surface area contributed by atoms with Crippen LogP contribution in [0.15, 0.2) is 42.5 Å². The number of hydrogen-bond acceptors (Lipinski definition) is 3. The van der Waals surface area contributed by atoms with Gasteiger partial charge in [0.05, 0.1) is 12.5 Å². The number of rotatable bonds is 4. The summed E-state index contributed by atoms with van der Waals surface area (Å²) >= 11 is 0. The third-order valence-corrected chi connectivity index (χ3v) is 2.61.